The molecule has 1 aliphatic carbocycles. The molecule has 150 valence electrons. The summed E-state index contributed by atoms with van der Waals surface area (Å²) in [5, 5.41) is 8.30. The van der Waals surface area contributed by atoms with Crippen LogP contribution in [0.15, 0.2) is 0 Å². The van der Waals surface area contributed by atoms with E-state index in [-0.39, 0.29) is 11.4 Å². The van der Waals surface area contributed by atoms with Crippen LogP contribution < -0.4 is 10.6 Å². The van der Waals surface area contributed by atoms with Gasteiger partial charge in [0.1, 0.15) is 9.84 Å². The Morgan fingerprint density at radius 2 is 1.92 bits per heavy atom. The summed E-state index contributed by atoms with van der Waals surface area (Å²) >= 11 is 2.10. The van der Waals surface area contributed by atoms with Crippen molar-refractivity contribution in [1.82, 2.24) is 10.6 Å². The minimum absolute atomic E-state index is 0.113. The average molecular weight is 403 g/mol. The fraction of sp³-hybridized carbons (Fsp3) is 1.00. The third-order valence-electron chi connectivity index (χ3n) is 7.03. The van der Waals surface area contributed by atoms with Crippen molar-refractivity contribution in [1.29, 1.82) is 0 Å². The Hall–Kier alpha value is 0.180. The number of nitrogens with one attached hydrogen (secondary N) is 2. The van der Waals surface area contributed by atoms with E-state index in [1.807, 2.05) is 0 Å². The van der Waals surface area contributed by atoms with Crippen molar-refractivity contribution in [3.63, 3.8) is 0 Å². The van der Waals surface area contributed by atoms with Crippen LogP contribution in [0.2, 0.25) is 0 Å². The molecule has 2 N–H and O–H groups in total. The van der Waals surface area contributed by atoms with Crippen LogP contribution in [0.5, 0.6) is 0 Å². The third kappa shape index (κ3) is 4.43. The Bertz CT molecular complexity index is 571. The number of piperidine rings is 1. The van der Waals surface area contributed by atoms with Gasteiger partial charge in [-0.2, -0.15) is 11.8 Å². The van der Waals surface area contributed by atoms with E-state index in [2.05, 4.69) is 22.4 Å². The number of rotatable bonds is 5. The van der Waals surface area contributed by atoms with Crippen molar-refractivity contribution in [2.75, 3.05) is 25.2 Å². The van der Waals surface area contributed by atoms with Gasteiger partial charge in [-0.3, -0.25) is 10.6 Å². The van der Waals surface area contributed by atoms with Crippen LogP contribution in [0.4, 0.5) is 0 Å². The van der Waals surface area contributed by atoms with Crippen molar-refractivity contribution in [3.05, 3.63) is 0 Å². The van der Waals surface area contributed by atoms with Crippen LogP contribution >= 0.6 is 11.8 Å². The first-order valence-corrected chi connectivity index (χ1v) is 13.4. The molecule has 0 aromatic heterocycles. The lowest BCUT2D eigenvalue weighted by Gasteiger charge is -2.44. The Balaban J connectivity index is 1.35. The van der Waals surface area contributed by atoms with Crippen molar-refractivity contribution >= 4 is 21.6 Å². The highest BCUT2D eigenvalue weighted by Crippen LogP contribution is 2.38. The van der Waals surface area contributed by atoms with E-state index in [1.54, 1.807) is 0 Å². The van der Waals surface area contributed by atoms with Crippen molar-refractivity contribution < 1.29 is 13.2 Å². The topological polar surface area (TPSA) is 67.4 Å². The van der Waals surface area contributed by atoms with Gasteiger partial charge >= 0.3 is 0 Å². The average Bonchev–Trinajstić information content (AvgIpc) is 3.30. The molecule has 0 radical (unpaired) electrons. The van der Waals surface area contributed by atoms with Gasteiger partial charge in [-0.05, 0) is 69.0 Å². The Labute approximate surface area is 162 Å². The summed E-state index contributed by atoms with van der Waals surface area (Å²) in [5.41, 5.74) is 0. The first kappa shape index (κ1) is 19.5. The van der Waals surface area contributed by atoms with E-state index in [9.17, 15) is 8.42 Å². The monoisotopic (exact) mass is 402 g/mol. The van der Waals surface area contributed by atoms with Gasteiger partial charge in [0.25, 0.3) is 0 Å². The van der Waals surface area contributed by atoms with Gasteiger partial charge in [0.05, 0.1) is 17.5 Å². The zero-order valence-corrected chi connectivity index (χ0v) is 17.5. The summed E-state index contributed by atoms with van der Waals surface area (Å²) in [6.45, 7) is 1.96. The zero-order valence-electron chi connectivity index (χ0n) is 15.9. The summed E-state index contributed by atoms with van der Waals surface area (Å²) in [7, 11) is -2.88. The molecule has 4 aliphatic rings. The number of ether oxygens (including phenoxy) is 1. The molecule has 0 spiro atoms. The first-order valence-electron chi connectivity index (χ1n) is 10.4. The quantitative estimate of drug-likeness (QED) is 0.735. The molecule has 7 heteroatoms. The molecular weight excluding hydrogens is 368 g/mol. The predicted octanol–water partition coefficient (Wildman–Crippen LogP) is 2.17. The molecule has 3 aliphatic heterocycles. The lowest BCUT2D eigenvalue weighted by molar-refractivity contribution is 0.00633. The van der Waals surface area contributed by atoms with Crippen LogP contribution in [-0.4, -0.2) is 62.4 Å². The maximum Gasteiger partial charge on any atom is 0.150 e. The van der Waals surface area contributed by atoms with Gasteiger partial charge in [-0.1, -0.05) is 0 Å². The maximum absolute atomic E-state index is 11.8. The normalized spacial score (nSPS) is 44.1. The van der Waals surface area contributed by atoms with E-state index in [0.29, 0.717) is 24.0 Å². The molecule has 1 saturated carbocycles. The second-order valence-corrected chi connectivity index (χ2v) is 12.5. The molecule has 3 heterocycles. The second-order valence-electron chi connectivity index (χ2n) is 8.78. The van der Waals surface area contributed by atoms with Crippen LogP contribution in [0.1, 0.15) is 51.4 Å². The SMILES string of the molecule is CS(=O)(=O)C1CCC(C2CC3CCOC3C(NCC3CCCS3)N2)CC1. The van der Waals surface area contributed by atoms with Crippen LogP contribution in [0.3, 0.4) is 0 Å². The molecule has 4 rings (SSSR count). The molecule has 0 amide bonds. The van der Waals surface area contributed by atoms with Gasteiger partial charge in [-0.25, -0.2) is 8.42 Å². The second kappa shape index (κ2) is 8.27. The van der Waals surface area contributed by atoms with Crippen LogP contribution in [-0.2, 0) is 14.6 Å². The maximum atomic E-state index is 11.8. The molecule has 3 saturated heterocycles. The van der Waals surface area contributed by atoms with E-state index in [0.717, 1.165) is 44.1 Å². The standard InChI is InChI=1S/C19H34N2O3S2/c1-26(22,23)16-6-4-13(5-7-16)17-11-14-8-9-24-18(14)19(21-17)20-12-15-3-2-10-25-15/h13-21H,2-12H2,1H3. The van der Waals surface area contributed by atoms with Crippen LogP contribution in [0, 0.1) is 11.8 Å². The predicted molar refractivity (Wildman–Crippen MR) is 107 cm³/mol. The summed E-state index contributed by atoms with van der Waals surface area (Å²) in [6, 6.07) is 0.507. The molecule has 5 unspecified atom stereocenters. The number of hydrogen-bond acceptors (Lipinski definition) is 6. The smallest absolute Gasteiger partial charge is 0.150 e. The molecule has 26 heavy (non-hydrogen) atoms. The number of thioether (sulfide) groups is 1. The zero-order chi connectivity index (χ0) is 18.1. The summed E-state index contributed by atoms with van der Waals surface area (Å²) in [4.78, 5) is 0. The van der Waals surface area contributed by atoms with E-state index < -0.39 is 9.84 Å². The van der Waals surface area contributed by atoms with Gasteiger partial charge in [0, 0.05) is 30.7 Å². The lowest BCUT2D eigenvalue weighted by Crippen LogP contribution is -2.62. The number of sulfone groups is 1. The Morgan fingerprint density at radius 1 is 1.12 bits per heavy atom. The molecule has 4 fully saturated rings. The Morgan fingerprint density at radius 3 is 2.62 bits per heavy atom. The van der Waals surface area contributed by atoms with Crippen LogP contribution in [0.25, 0.3) is 0 Å². The lowest BCUT2D eigenvalue weighted by atomic mass is 9.76. The number of fused-ring (bicyclic) bond motifs is 1. The molecule has 5 atom stereocenters. The van der Waals surface area contributed by atoms with E-state index in [1.165, 1.54) is 37.7 Å². The van der Waals surface area contributed by atoms with E-state index in [4.69, 9.17) is 4.74 Å². The van der Waals surface area contributed by atoms with Gasteiger partial charge < -0.3 is 4.74 Å². The summed E-state index contributed by atoms with van der Waals surface area (Å²) in [5.74, 6) is 2.57. The number of hydrogen-bond donors (Lipinski definition) is 2. The summed E-state index contributed by atoms with van der Waals surface area (Å²) < 4.78 is 29.7. The van der Waals surface area contributed by atoms with Crippen molar-refractivity contribution in [3.8, 4) is 0 Å². The van der Waals surface area contributed by atoms with E-state index >= 15 is 0 Å². The minimum Gasteiger partial charge on any atom is -0.375 e. The van der Waals surface area contributed by atoms with Gasteiger partial charge in [-0.15, -0.1) is 0 Å². The van der Waals surface area contributed by atoms with Crippen molar-refractivity contribution in [2.45, 2.75) is 80.2 Å². The molecular formula is C19H34N2O3S2. The molecule has 0 aromatic rings. The third-order valence-corrected chi connectivity index (χ3v) is 10.1. The highest BCUT2D eigenvalue weighted by Gasteiger charge is 2.44. The molecule has 5 nitrogen and oxygen atoms in total. The largest absolute Gasteiger partial charge is 0.375 e. The van der Waals surface area contributed by atoms with Gasteiger partial charge in [0.15, 0.2) is 0 Å². The summed E-state index contributed by atoms with van der Waals surface area (Å²) in [6.07, 6.45) is 10.8. The van der Waals surface area contributed by atoms with Crippen molar-refractivity contribution in [2.24, 2.45) is 11.8 Å². The highest BCUT2D eigenvalue weighted by molar-refractivity contribution is 8.00. The fourth-order valence-corrected chi connectivity index (χ4v) is 7.82. The Kier molecular flexibility index (Phi) is 6.20. The minimum atomic E-state index is -2.88. The first-order chi connectivity index (χ1) is 12.5. The van der Waals surface area contributed by atoms with Gasteiger partial charge in [0.2, 0.25) is 0 Å². The highest BCUT2D eigenvalue weighted by atomic mass is 32.2. The fourth-order valence-electron chi connectivity index (χ4n) is 5.48. The molecule has 0 bridgehead atoms. The molecule has 0 aromatic carbocycles.